The number of hydrogen-bond acceptors (Lipinski definition) is 4. The van der Waals surface area contributed by atoms with Gasteiger partial charge < -0.3 is 5.73 Å². The largest absolute Gasteiger partial charge is 0.382 e. The van der Waals surface area contributed by atoms with Crippen LogP contribution in [0.25, 0.3) is 20.9 Å². The number of anilines is 1. The maximum atomic E-state index is 5.57. The Morgan fingerprint density at radius 3 is 2.94 bits per heavy atom. The molecule has 0 aliphatic heterocycles. The average Bonchev–Trinajstić information content (AvgIpc) is 2.83. The van der Waals surface area contributed by atoms with Gasteiger partial charge in [0.05, 0.1) is 15.9 Å². The third kappa shape index (κ3) is 1.45. The lowest BCUT2D eigenvalue weighted by Gasteiger charge is -1.88. The quantitative estimate of drug-likeness (QED) is 0.675. The average molecular weight is 230 g/mol. The minimum atomic E-state index is 0.491. The minimum absolute atomic E-state index is 0.491. The van der Waals surface area contributed by atoms with Gasteiger partial charge in [0.25, 0.3) is 0 Å². The summed E-state index contributed by atoms with van der Waals surface area (Å²) in [4.78, 5) is 4.55. The van der Waals surface area contributed by atoms with E-state index in [1.165, 1.54) is 10.3 Å². The fraction of sp³-hybridized carbons (Fsp3) is 0.0909. The number of hydrogen-bond donors (Lipinski definition) is 2. The number of benzene rings is 1. The lowest BCUT2D eigenvalue weighted by molar-refractivity contribution is 1.10. The number of nitrogens with two attached hydrogens (primary N) is 1. The summed E-state index contributed by atoms with van der Waals surface area (Å²) < 4.78 is 1.17. The Kier molecular flexibility index (Phi) is 1.94. The van der Waals surface area contributed by atoms with E-state index >= 15 is 0 Å². The molecular formula is C11H10N4S. The van der Waals surface area contributed by atoms with Gasteiger partial charge in [-0.25, -0.2) is 4.98 Å². The Labute approximate surface area is 96.1 Å². The third-order valence-corrected chi connectivity index (χ3v) is 3.44. The van der Waals surface area contributed by atoms with Gasteiger partial charge in [-0.3, -0.25) is 5.10 Å². The number of nitrogen functional groups attached to an aromatic ring is 1. The number of fused-ring (bicyclic) bond motifs is 1. The van der Waals surface area contributed by atoms with Crippen LogP contribution in [0.5, 0.6) is 0 Å². The van der Waals surface area contributed by atoms with E-state index in [1.807, 2.05) is 0 Å². The normalized spacial score (nSPS) is 11.1. The van der Waals surface area contributed by atoms with E-state index in [0.29, 0.717) is 5.82 Å². The van der Waals surface area contributed by atoms with Crippen LogP contribution in [0.1, 0.15) is 5.56 Å². The summed E-state index contributed by atoms with van der Waals surface area (Å²) in [6.45, 7) is 2.06. The van der Waals surface area contributed by atoms with Crippen molar-refractivity contribution in [2.45, 2.75) is 6.92 Å². The van der Waals surface area contributed by atoms with Crippen molar-refractivity contribution in [1.29, 1.82) is 0 Å². The molecular weight excluding hydrogens is 220 g/mol. The molecule has 0 saturated heterocycles. The lowest BCUT2D eigenvalue weighted by Crippen LogP contribution is -1.81. The highest BCUT2D eigenvalue weighted by Crippen LogP contribution is 2.29. The molecule has 0 aliphatic carbocycles. The molecule has 0 atom stereocenters. The molecule has 0 unspecified atom stereocenters. The summed E-state index contributed by atoms with van der Waals surface area (Å²) in [5.74, 6) is 0.491. The van der Waals surface area contributed by atoms with Gasteiger partial charge in [0.2, 0.25) is 0 Å². The van der Waals surface area contributed by atoms with E-state index in [0.717, 1.165) is 16.2 Å². The van der Waals surface area contributed by atoms with Crippen LogP contribution in [0.3, 0.4) is 0 Å². The van der Waals surface area contributed by atoms with E-state index in [4.69, 9.17) is 5.73 Å². The smallest absolute Gasteiger partial charge is 0.145 e. The number of nitrogens with one attached hydrogen (secondary N) is 1. The molecule has 1 aromatic carbocycles. The van der Waals surface area contributed by atoms with E-state index < -0.39 is 0 Å². The fourth-order valence-corrected chi connectivity index (χ4v) is 2.51. The standard InChI is InChI=1S/C11H10N4S/c1-6-2-3-9-7(4-6)13-11(16-9)8-5-10(12)15-14-8/h2-5H,1H3,(H3,12,14,15). The van der Waals surface area contributed by atoms with Crippen molar-refractivity contribution in [3.05, 3.63) is 29.8 Å². The van der Waals surface area contributed by atoms with E-state index in [2.05, 4.69) is 40.3 Å². The molecule has 5 heteroatoms. The monoisotopic (exact) mass is 230 g/mol. The Bertz CT molecular complexity index is 653. The number of H-pyrrole nitrogens is 1. The van der Waals surface area contributed by atoms with Crippen LogP contribution in [0.4, 0.5) is 5.82 Å². The highest BCUT2D eigenvalue weighted by Gasteiger charge is 2.08. The maximum Gasteiger partial charge on any atom is 0.145 e. The van der Waals surface area contributed by atoms with Gasteiger partial charge in [-0.05, 0) is 24.6 Å². The Morgan fingerprint density at radius 2 is 2.19 bits per heavy atom. The summed E-state index contributed by atoms with van der Waals surface area (Å²) >= 11 is 1.63. The van der Waals surface area contributed by atoms with Crippen LogP contribution in [0.15, 0.2) is 24.3 Å². The number of nitrogens with zero attached hydrogens (tertiary/aromatic N) is 2. The van der Waals surface area contributed by atoms with Gasteiger partial charge in [-0.2, -0.15) is 5.10 Å². The number of aromatic nitrogens is 3. The SMILES string of the molecule is Cc1ccc2sc(-c3cc(N)n[nH]3)nc2c1. The van der Waals surface area contributed by atoms with Crippen molar-refractivity contribution in [2.24, 2.45) is 0 Å². The summed E-state index contributed by atoms with van der Waals surface area (Å²) in [6.07, 6.45) is 0. The van der Waals surface area contributed by atoms with Crippen molar-refractivity contribution in [1.82, 2.24) is 15.2 Å². The molecule has 2 heterocycles. The molecule has 0 spiro atoms. The van der Waals surface area contributed by atoms with Gasteiger partial charge in [0, 0.05) is 6.07 Å². The summed E-state index contributed by atoms with van der Waals surface area (Å²) in [7, 11) is 0. The first kappa shape index (κ1) is 9.35. The Balaban J connectivity index is 2.18. The zero-order valence-corrected chi connectivity index (χ0v) is 9.51. The maximum absolute atomic E-state index is 5.57. The molecule has 0 bridgehead atoms. The van der Waals surface area contributed by atoms with Crippen LogP contribution >= 0.6 is 11.3 Å². The zero-order valence-electron chi connectivity index (χ0n) is 8.69. The summed E-state index contributed by atoms with van der Waals surface area (Å²) in [6, 6.07) is 8.05. The first-order chi connectivity index (χ1) is 7.72. The molecule has 16 heavy (non-hydrogen) atoms. The molecule has 0 radical (unpaired) electrons. The van der Waals surface area contributed by atoms with Crippen LogP contribution in [0, 0.1) is 6.92 Å². The van der Waals surface area contributed by atoms with Crippen LogP contribution < -0.4 is 5.73 Å². The molecule has 0 amide bonds. The van der Waals surface area contributed by atoms with Gasteiger partial charge in [-0.15, -0.1) is 11.3 Å². The highest BCUT2D eigenvalue weighted by atomic mass is 32.1. The third-order valence-electron chi connectivity index (χ3n) is 2.37. The lowest BCUT2D eigenvalue weighted by atomic mass is 10.2. The Morgan fingerprint density at radius 1 is 1.31 bits per heavy atom. The fourth-order valence-electron chi connectivity index (χ4n) is 1.60. The second-order valence-electron chi connectivity index (χ2n) is 3.70. The van der Waals surface area contributed by atoms with Gasteiger partial charge in [0.1, 0.15) is 10.8 Å². The first-order valence-electron chi connectivity index (χ1n) is 4.91. The molecule has 2 aromatic heterocycles. The molecule has 80 valence electrons. The van der Waals surface area contributed by atoms with Gasteiger partial charge in [-0.1, -0.05) is 6.07 Å². The van der Waals surface area contributed by atoms with E-state index in [9.17, 15) is 0 Å². The zero-order chi connectivity index (χ0) is 11.1. The molecule has 3 N–H and O–H groups in total. The summed E-state index contributed by atoms with van der Waals surface area (Å²) in [5, 5.41) is 7.69. The molecule has 0 aliphatic rings. The summed E-state index contributed by atoms with van der Waals surface area (Å²) in [5.41, 5.74) is 8.68. The predicted molar refractivity (Wildman–Crippen MR) is 66.4 cm³/mol. The second-order valence-corrected chi connectivity index (χ2v) is 4.73. The van der Waals surface area contributed by atoms with E-state index in [-0.39, 0.29) is 0 Å². The molecule has 3 aromatic rings. The molecule has 4 nitrogen and oxygen atoms in total. The van der Waals surface area contributed by atoms with Crippen molar-refractivity contribution >= 4 is 27.4 Å². The van der Waals surface area contributed by atoms with Crippen LogP contribution in [-0.4, -0.2) is 15.2 Å². The number of aromatic amines is 1. The second kappa shape index (κ2) is 3.31. The van der Waals surface area contributed by atoms with Crippen molar-refractivity contribution in [2.75, 3.05) is 5.73 Å². The van der Waals surface area contributed by atoms with E-state index in [1.54, 1.807) is 17.4 Å². The highest BCUT2D eigenvalue weighted by molar-refractivity contribution is 7.21. The number of aryl methyl sites for hydroxylation is 1. The topological polar surface area (TPSA) is 67.6 Å². The number of thiazole rings is 1. The van der Waals surface area contributed by atoms with Crippen LogP contribution in [-0.2, 0) is 0 Å². The van der Waals surface area contributed by atoms with Crippen LogP contribution in [0.2, 0.25) is 0 Å². The van der Waals surface area contributed by atoms with Crippen molar-refractivity contribution in [3.8, 4) is 10.7 Å². The Hall–Kier alpha value is -1.88. The molecule has 0 saturated carbocycles. The van der Waals surface area contributed by atoms with Crippen molar-refractivity contribution in [3.63, 3.8) is 0 Å². The molecule has 3 rings (SSSR count). The number of rotatable bonds is 1. The van der Waals surface area contributed by atoms with Gasteiger partial charge >= 0.3 is 0 Å². The van der Waals surface area contributed by atoms with Crippen molar-refractivity contribution < 1.29 is 0 Å². The predicted octanol–water partition coefficient (Wildman–Crippen LogP) is 2.58. The van der Waals surface area contributed by atoms with Gasteiger partial charge in [0.15, 0.2) is 0 Å². The first-order valence-corrected chi connectivity index (χ1v) is 5.72. The molecule has 0 fully saturated rings. The minimum Gasteiger partial charge on any atom is -0.382 e.